The summed E-state index contributed by atoms with van der Waals surface area (Å²) >= 11 is 0. The summed E-state index contributed by atoms with van der Waals surface area (Å²) < 4.78 is 0. The predicted octanol–water partition coefficient (Wildman–Crippen LogP) is 0.813. The van der Waals surface area contributed by atoms with Crippen molar-refractivity contribution in [2.24, 2.45) is 0 Å². The van der Waals surface area contributed by atoms with Crippen molar-refractivity contribution < 1.29 is 51.6 Å². The van der Waals surface area contributed by atoms with Crippen LogP contribution >= 0.6 is 0 Å². The van der Waals surface area contributed by atoms with Crippen LogP contribution in [0.2, 0.25) is 0 Å². The first-order valence-electron chi connectivity index (χ1n) is 1.79. The van der Waals surface area contributed by atoms with E-state index in [1.807, 2.05) is 0 Å². The number of rotatable bonds is 2. The Hall–Kier alpha value is 0.327. The molecule has 0 atom stereocenters. The molecule has 0 aromatic rings. The van der Waals surface area contributed by atoms with Crippen LogP contribution in [-0.4, -0.2) is 11.1 Å². The average Bonchev–Trinajstić information content (AvgIpc) is 1.61. The fourth-order valence-electron chi connectivity index (χ4n) is 0.150. The average molecular weight is 238 g/mol. The standard InChI is InChI=1S/C5H6O2.Ce/c1-2-3-4-5(6)7;/h2-4H,1H2,(H,6,7);. The van der Waals surface area contributed by atoms with Crippen LogP contribution in [0.15, 0.2) is 24.8 Å². The van der Waals surface area contributed by atoms with Crippen molar-refractivity contribution in [3.8, 4) is 0 Å². The van der Waals surface area contributed by atoms with Crippen LogP contribution in [0.25, 0.3) is 0 Å². The Morgan fingerprint density at radius 3 is 2.25 bits per heavy atom. The number of hydrogen-bond acceptors (Lipinski definition) is 1. The summed E-state index contributed by atoms with van der Waals surface area (Å²) in [6.45, 7) is 3.28. The molecule has 0 unspecified atom stereocenters. The van der Waals surface area contributed by atoms with Gasteiger partial charge in [-0.05, 0) is 0 Å². The van der Waals surface area contributed by atoms with E-state index in [-0.39, 0.29) is 41.7 Å². The van der Waals surface area contributed by atoms with Crippen molar-refractivity contribution in [3.63, 3.8) is 0 Å². The summed E-state index contributed by atoms with van der Waals surface area (Å²) in [6.07, 6.45) is 3.80. The van der Waals surface area contributed by atoms with E-state index in [2.05, 4.69) is 6.58 Å². The molecule has 0 amide bonds. The Labute approximate surface area is 81.7 Å². The van der Waals surface area contributed by atoms with Gasteiger partial charge in [-0.2, -0.15) is 0 Å². The minimum Gasteiger partial charge on any atom is -0.478 e. The molecule has 0 aromatic carbocycles. The van der Waals surface area contributed by atoms with Crippen molar-refractivity contribution in [2.45, 2.75) is 0 Å². The molecule has 0 aliphatic carbocycles. The first-order valence-corrected chi connectivity index (χ1v) is 1.79. The van der Waals surface area contributed by atoms with Crippen LogP contribution in [0.5, 0.6) is 0 Å². The molecule has 0 fully saturated rings. The summed E-state index contributed by atoms with van der Waals surface area (Å²) in [5.41, 5.74) is 0. The largest absolute Gasteiger partial charge is 0.478 e. The summed E-state index contributed by atoms with van der Waals surface area (Å²) in [6, 6.07) is 0. The zero-order valence-corrected chi connectivity index (χ0v) is 7.43. The van der Waals surface area contributed by atoms with Gasteiger partial charge in [-0.1, -0.05) is 18.7 Å². The molecule has 0 aliphatic heterocycles. The number of carboxylic acids is 1. The number of carbonyl (C=O) groups is 1. The van der Waals surface area contributed by atoms with Crippen LogP contribution in [0.1, 0.15) is 0 Å². The van der Waals surface area contributed by atoms with Gasteiger partial charge >= 0.3 is 5.97 Å². The van der Waals surface area contributed by atoms with E-state index in [0.29, 0.717) is 0 Å². The molecule has 0 aromatic heterocycles. The summed E-state index contributed by atoms with van der Waals surface area (Å²) in [5, 5.41) is 7.91. The molecule has 0 spiro atoms. The van der Waals surface area contributed by atoms with Crippen LogP contribution in [0.3, 0.4) is 0 Å². The Morgan fingerprint density at radius 1 is 1.62 bits per heavy atom. The summed E-state index contributed by atoms with van der Waals surface area (Å²) in [4.78, 5) is 9.62. The Morgan fingerprint density at radius 2 is 2.12 bits per heavy atom. The van der Waals surface area contributed by atoms with Crippen LogP contribution in [-0.2, 0) is 4.79 Å². The van der Waals surface area contributed by atoms with Gasteiger partial charge < -0.3 is 5.11 Å². The van der Waals surface area contributed by atoms with E-state index >= 15 is 0 Å². The van der Waals surface area contributed by atoms with E-state index in [4.69, 9.17) is 5.11 Å². The number of hydrogen-bond donors (Lipinski definition) is 1. The van der Waals surface area contributed by atoms with E-state index in [0.717, 1.165) is 6.08 Å². The zero-order chi connectivity index (χ0) is 5.70. The first-order chi connectivity index (χ1) is 3.27. The van der Waals surface area contributed by atoms with Crippen LogP contribution in [0.4, 0.5) is 0 Å². The quantitative estimate of drug-likeness (QED) is 0.571. The monoisotopic (exact) mass is 238 g/mol. The van der Waals surface area contributed by atoms with Crippen molar-refractivity contribution >= 4 is 5.97 Å². The Kier molecular flexibility index (Phi) is 10.2. The molecule has 0 saturated heterocycles. The van der Waals surface area contributed by atoms with Crippen molar-refractivity contribution in [1.29, 1.82) is 0 Å². The third-order valence-corrected chi connectivity index (χ3v) is 0.375. The van der Waals surface area contributed by atoms with Gasteiger partial charge in [0.05, 0.1) is 0 Å². The van der Waals surface area contributed by atoms with Crippen molar-refractivity contribution in [1.82, 2.24) is 0 Å². The fourth-order valence-corrected chi connectivity index (χ4v) is 0.150. The van der Waals surface area contributed by atoms with E-state index in [1.54, 1.807) is 0 Å². The summed E-state index contributed by atoms with van der Waals surface area (Å²) in [5.74, 6) is -0.945. The number of aliphatic carboxylic acids is 1. The van der Waals surface area contributed by atoms with Gasteiger partial charge in [0.15, 0.2) is 0 Å². The van der Waals surface area contributed by atoms with Gasteiger partial charge in [-0.3, -0.25) is 0 Å². The van der Waals surface area contributed by atoms with Gasteiger partial charge in [0.2, 0.25) is 0 Å². The molecule has 0 saturated carbocycles. The molecule has 2 nitrogen and oxygen atoms in total. The molecule has 0 heterocycles. The maximum absolute atomic E-state index is 9.62. The third kappa shape index (κ3) is 9.59. The smallest absolute Gasteiger partial charge is 0.328 e. The molecule has 0 radical (unpaired) electrons. The third-order valence-electron chi connectivity index (χ3n) is 0.375. The van der Waals surface area contributed by atoms with Crippen molar-refractivity contribution in [2.75, 3.05) is 0 Å². The molecule has 42 valence electrons. The molecule has 3 heteroatoms. The second-order valence-electron chi connectivity index (χ2n) is 0.933. The topological polar surface area (TPSA) is 37.3 Å². The fraction of sp³-hybridized carbons (Fsp3) is 0. The second-order valence-corrected chi connectivity index (χ2v) is 0.933. The van der Waals surface area contributed by atoms with Crippen molar-refractivity contribution in [3.05, 3.63) is 24.8 Å². The minimum absolute atomic E-state index is 0. The molecule has 0 aliphatic rings. The zero-order valence-electron chi connectivity index (χ0n) is 4.29. The van der Waals surface area contributed by atoms with Crippen LogP contribution < -0.4 is 0 Å². The van der Waals surface area contributed by atoms with E-state index in [1.165, 1.54) is 12.2 Å². The number of allylic oxidation sites excluding steroid dienone is 2. The SMILES string of the molecule is C=CC=CC(=O)O.[Ce]. The summed E-state index contributed by atoms with van der Waals surface area (Å²) in [7, 11) is 0. The predicted molar refractivity (Wildman–Crippen MR) is 27.0 cm³/mol. The maximum Gasteiger partial charge on any atom is 0.328 e. The Bertz CT molecular complexity index is 107. The molecule has 0 bridgehead atoms. The first kappa shape index (κ1) is 11.2. The molecule has 0 rings (SSSR count). The molecule has 8 heavy (non-hydrogen) atoms. The van der Waals surface area contributed by atoms with E-state index in [9.17, 15) is 4.79 Å². The van der Waals surface area contributed by atoms with Gasteiger partial charge in [0, 0.05) is 47.8 Å². The second kappa shape index (κ2) is 7.33. The van der Waals surface area contributed by atoms with Crippen LogP contribution in [0, 0.1) is 41.7 Å². The molecular weight excluding hydrogens is 232 g/mol. The normalized spacial score (nSPS) is 8.00. The van der Waals surface area contributed by atoms with E-state index < -0.39 is 5.97 Å². The number of carboxylic acid groups (broad SMARTS) is 1. The van der Waals surface area contributed by atoms with Gasteiger partial charge in [-0.15, -0.1) is 0 Å². The van der Waals surface area contributed by atoms with Gasteiger partial charge in [0.25, 0.3) is 0 Å². The maximum atomic E-state index is 9.62. The molecular formula is C5H6CeO2. The minimum atomic E-state index is -0.945. The van der Waals surface area contributed by atoms with Gasteiger partial charge in [0.1, 0.15) is 0 Å². The molecule has 1 N–H and O–H groups in total. The Balaban J connectivity index is 0. The van der Waals surface area contributed by atoms with Gasteiger partial charge in [-0.25, -0.2) is 4.79 Å².